The van der Waals surface area contributed by atoms with Crippen LogP contribution in [0.15, 0.2) is 67.0 Å². The van der Waals surface area contributed by atoms with Gasteiger partial charge in [0.1, 0.15) is 5.75 Å². The maximum absolute atomic E-state index is 12.3. The van der Waals surface area contributed by atoms with Crippen LogP contribution in [0.2, 0.25) is 0 Å². The van der Waals surface area contributed by atoms with Crippen molar-refractivity contribution in [1.29, 1.82) is 0 Å². The highest BCUT2D eigenvalue weighted by molar-refractivity contribution is 5.99. The van der Waals surface area contributed by atoms with Crippen LogP contribution in [-0.4, -0.2) is 30.0 Å². The number of carbonyl (C=O) groups is 2. The fraction of sp³-hybridized carbons (Fsp3) is 0.143. The van der Waals surface area contributed by atoms with Crippen LogP contribution >= 0.6 is 0 Å². The molecular formula is C21H19NO4. The van der Waals surface area contributed by atoms with E-state index >= 15 is 0 Å². The number of carbonyl (C=O) groups excluding carboxylic acids is 2. The second kappa shape index (κ2) is 7.70. The molecule has 1 aromatic heterocycles. The first-order valence-electron chi connectivity index (χ1n) is 8.17. The van der Waals surface area contributed by atoms with Crippen molar-refractivity contribution in [1.82, 2.24) is 4.57 Å². The normalized spacial score (nSPS) is 10.4. The Kier molecular flexibility index (Phi) is 5.17. The Morgan fingerprint density at radius 3 is 2.27 bits per heavy atom. The van der Waals surface area contributed by atoms with Crippen LogP contribution in [-0.2, 0) is 4.74 Å². The molecule has 132 valence electrons. The van der Waals surface area contributed by atoms with E-state index in [1.165, 1.54) is 0 Å². The van der Waals surface area contributed by atoms with E-state index in [2.05, 4.69) is 0 Å². The number of nitrogens with zero attached hydrogens (tertiary/aromatic N) is 1. The van der Waals surface area contributed by atoms with Gasteiger partial charge in [-0.2, -0.15) is 0 Å². The summed E-state index contributed by atoms with van der Waals surface area (Å²) in [5.74, 6) is -0.130. The van der Waals surface area contributed by atoms with Gasteiger partial charge in [-0.1, -0.05) is 6.07 Å². The molecular weight excluding hydrogens is 330 g/mol. The van der Waals surface area contributed by atoms with Crippen LogP contribution in [0.3, 0.4) is 0 Å². The quantitative estimate of drug-likeness (QED) is 0.501. The van der Waals surface area contributed by atoms with E-state index in [4.69, 9.17) is 9.47 Å². The smallest absolute Gasteiger partial charge is 0.338 e. The van der Waals surface area contributed by atoms with Gasteiger partial charge in [-0.05, 0) is 61.0 Å². The zero-order valence-corrected chi connectivity index (χ0v) is 14.6. The molecule has 3 rings (SSSR count). The molecule has 0 spiro atoms. The van der Waals surface area contributed by atoms with E-state index < -0.39 is 5.97 Å². The van der Waals surface area contributed by atoms with Crippen LogP contribution in [0.25, 0.3) is 5.69 Å². The summed E-state index contributed by atoms with van der Waals surface area (Å²) in [7, 11) is 1.56. The second-order valence-electron chi connectivity index (χ2n) is 5.82. The van der Waals surface area contributed by atoms with Gasteiger partial charge in [0.25, 0.3) is 0 Å². The van der Waals surface area contributed by atoms with Crippen molar-refractivity contribution >= 4 is 11.8 Å². The highest BCUT2D eigenvalue weighted by Gasteiger charge is 2.13. The van der Waals surface area contributed by atoms with Crippen molar-refractivity contribution in [3.63, 3.8) is 0 Å². The van der Waals surface area contributed by atoms with Crippen molar-refractivity contribution in [3.05, 3.63) is 83.7 Å². The number of hydrogen-bond acceptors (Lipinski definition) is 4. The number of benzene rings is 2. The number of aryl methyl sites for hydroxylation is 1. The Bertz CT molecular complexity index is 912. The molecule has 0 fully saturated rings. The molecule has 0 aliphatic rings. The number of aromatic nitrogens is 1. The molecule has 5 heteroatoms. The maximum Gasteiger partial charge on any atom is 0.338 e. The van der Waals surface area contributed by atoms with Gasteiger partial charge in [0.2, 0.25) is 0 Å². The van der Waals surface area contributed by atoms with Crippen LogP contribution in [0, 0.1) is 6.92 Å². The third-order valence-electron chi connectivity index (χ3n) is 4.07. The molecule has 0 saturated carbocycles. The molecule has 0 radical (unpaired) electrons. The van der Waals surface area contributed by atoms with E-state index in [1.807, 2.05) is 42.1 Å². The predicted molar refractivity (Wildman–Crippen MR) is 98.1 cm³/mol. The summed E-state index contributed by atoms with van der Waals surface area (Å²) in [5.41, 5.74) is 2.80. The summed E-state index contributed by atoms with van der Waals surface area (Å²) < 4.78 is 12.2. The lowest BCUT2D eigenvalue weighted by atomic mass is 10.1. The molecule has 0 aliphatic heterocycles. The molecule has 0 unspecified atom stereocenters. The lowest BCUT2D eigenvalue weighted by Gasteiger charge is -2.10. The average molecular weight is 349 g/mol. The van der Waals surface area contributed by atoms with Crippen molar-refractivity contribution in [2.75, 3.05) is 13.7 Å². The molecule has 0 bridgehead atoms. The molecule has 0 N–H and O–H groups in total. The van der Waals surface area contributed by atoms with E-state index in [0.717, 1.165) is 11.3 Å². The van der Waals surface area contributed by atoms with E-state index in [9.17, 15) is 9.59 Å². The predicted octanol–water partition coefficient (Wildman–Crippen LogP) is 3.83. The number of hydrogen-bond donors (Lipinski definition) is 0. The summed E-state index contributed by atoms with van der Waals surface area (Å²) in [6.07, 6.45) is 3.81. The van der Waals surface area contributed by atoms with Crippen LogP contribution < -0.4 is 4.74 Å². The van der Waals surface area contributed by atoms with E-state index in [0.29, 0.717) is 16.9 Å². The first-order valence-corrected chi connectivity index (χ1v) is 8.17. The SMILES string of the molecule is COc1ccc(C(=O)COC(=O)c2ccc(C)c(-n3cccc3)c2)cc1. The van der Waals surface area contributed by atoms with Gasteiger partial charge >= 0.3 is 5.97 Å². The summed E-state index contributed by atoms with van der Waals surface area (Å²) in [4.78, 5) is 24.5. The molecule has 3 aromatic rings. The van der Waals surface area contributed by atoms with Crippen molar-refractivity contribution in [2.24, 2.45) is 0 Å². The molecule has 0 atom stereocenters. The van der Waals surface area contributed by atoms with Gasteiger partial charge in [-0.15, -0.1) is 0 Å². The van der Waals surface area contributed by atoms with Crippen LogP contribution in [0.1, 0.15) is 26.3 Å². The minimum atomic E-state index is -0.528. The Morgan fingerprint density at radius 1 is 0.962 bits per heavy atom. The number of ketones is 1. The fourth-order valence-corrected chi connectivity index (χ4v) is 2.58. The lowest BCUT2D eigenvalue weighted by molar-refractivity contribution is 0.0474. The zero-order valence-electron chi connectivity index (χ0n) is 14.6. The van der Waals surface area contributed by atoms with Gasteiger partial charge in [0.15, 0.2) is 12.4 Å². The highest BCUT2D eigenvalue weighted by atomic mass is 16.5. The number of esters is 1. The number of ether oxygens (including phenoxy) is 2. The third kappa shape index (κ3) is 3.83. The number of Topliss-reactive ketones (excluding diaryl/α,β-unsaturated/α-hetero) is 1. The first kappa shape index (κ1) is 17.5. The maximum atomic E-state index is 12.3. The molecule has 0 saturated heterocycles. The Hall–Kier alpha value is -3.34. The molecule has 5 nitrogen and oxygen atoms in total. The Morgan fingerprint density at radius 2 is 1.62 bits per heavy atom. The van der Waals surface area contributed by atoms with Crippen LogP contribution in [0.5, 0.6) is 5.75 Å². The fourth-order valence-electron chi connectivity index (χ4n) is 2.58. The highest BCUT2D eigenvalue weighted by Crippen LogP contribution is 2.17. The topological polar surface area (TPSA) is 57.5 Å². The van der Waals surface area contributed by atoms with Crippen molar-refractivity contribution in [3.8, 4) is 11.4 Å². The minimum Gasteiger partial charge on any atom is -0.497 e. The van der Waals surface area contributed by atoms with E-state index in [-0.39, 0.29) is 12.4 Å². The molecule has 26 heavy (non-hydrogen) atoms. The summed E-state index contributed by atoms with van der Waals surface area (Å²) in [5, 5.41) is 0. The largest absolute Gasteiger partial charge is 0.497 e. The van der Waals surface area contributed by atoms with Gasteiger partial charge in [0, 0.05) is 23.6 Å². The standard InChI is InChI=1S/C21H19NO4/c1-15-5-6-17(13-19(15)22-11-3-4-12-22)21(24)26-14-20(23)16-7-9-18(25-2)10-8-16/h3-13H,14H2,1-2H3. The third-order valence-corrected chi connectivity index (χ3v) is 4.07. The van der Waals surface area contributed by atoms with Gasteiger partial charge in [0.05, 0.1) is 12.7 Å². The Balaban J connectivity index is 1.68. The van der Waals surface area contributed by atoms with Gasteiger partial charge in [-0.25, -0.2) is 4.79 Å². The zero-order chi connectivity index (χ0) is 18.5. The molecule has 0 amide bonds. The second-order valence-corrected chi connectivity index (χ2v) is 5.82. The summed E-state index contributed by atoms with van der Waals surface area (Å²) in [6.45, 7) is 1.66. The van der Waals surface area contributed by atoms with E-state index in [1.54, 1.807) is 43.5 Å². The monoisotopic (exact) mass is 349 g/mol. The molecule has 2 aromatic carbocycles. The first-order chi connectivity index (χ1) is 12.6. The number of rotatable bonds is 6. The minimum absolute atomic E-state index is 0.265. The van der Waals surface area contributed by atoms with Gasteiger partial charge in [-0.3, -0.25) is 4.79 Å². The number of methoxy groups -OCH3 is 1. The summed E-state index contributed by atoms with van der Waals surface area (Å²) >= 11 is 0. The molecule has 0 aliphatic carbocycles. The Labute approximate surface area is 151 Å². The van der Waals surface area contributed by atoms with Crippen LogP contribution in [0.4, 0.5) is 0 Å². The van der Waals surface area contributed by atoms with Crippen molar-refractivity contribution in [2.45, 2.75) is 6.92 Å². The van der Waals surface area contributed by atoms with Crippen molar-refractivity contribution < 1.29 is 19.1 Å². The lowest BCUT2D eigenvalue weighted by Crippen LogP contribution is -2.14. The summed E-state index contributed by atoms with van der Waals surface area (Å²) in [6, 6.07) is 15.8. The molecule has 1 heterocycles. The average Bonchev–Trinajstić information content (AvgIpc) is 3.20. The van der Waals surface area contributed by atoms with Gasteiger partial charge < -0.3 is 14.0 Å².